The van der Waals surface area contributed by atoms with Gasteiger partial charge in [-0.25, -0.2) is 13.4 Å². The zero-order valence-electron chi connectivity index (χ0n) is 13.9. The van der Waals surface area contributed by atoms with Crippen LogP contribution in [0.4, 0.5) is 0 Å². The molecule has 3 aromatic rings. The van der Waals surface area contributed by atoms with E-state index in [9.17, 15) is 13.2 Å². The number of sulfone groups is 1. The van der Waals surface area contributed by atoms with Crippen LogP contribution >= 0.6 is 11.3 Å². The van der Waals surface area contributed by atoms with Crippen LogP contribution in [0.2, 0.25) is 0 Å². The van der Waals surface area contributed by atoms with Gasteiger partial charge in [-0.1, -0.05) is 36.4 Å². The highest BCUT2D eigenvalue weighted by Crippen LogP contribution is 2.26. The summed E-state index contributed by atoms with van der Waals surface area (Å²) in [5.41, 5.74) is 0.526. The van der Waals surface area contributed by atoms with Crippen molar-refractivity contribution in [2.75, 3.05) is 5.75 Å². The lowest BCUT2D eigenvalue weighted by atomic mass is 10.2. The highest BCUT2D eigenvalue weighted by molar-refractivity contribution is 7.91. The SMILES string of the molecule is O=C(Cc1nccs1)CS(=O)(=O)Cc1ccccc1Oc1ccccc1. The normalized spacial score (nSPS) is 11.2. The van der Waals surface area contributed by atoms with Gasteiger partial charge in [0, 0.05) is 17.1 Å². The fraction of sp³-hybridized carbons (Fsp3) is 0.158. The van der Waals surface area contributed by atoms with Crippen molar-refractivity contribution in [3.63, 3.8) is 0 Å². The number of nitrogens with zero attached hydrogens (tertiary/aromatic N) is 1. The smallest absolute Gasteiger partial charge is 0.161 e. The van der Waals surface area contributed by atoms with Gasteiger partial charge in [0.15, 0.2) is 15.6 Å². The molecule has 0 saturated heterocycles. The van der Waals surface area contributed by atoms with Crippen molar-refractivity contribution in [1.29, 1.82) is 0 Å². The third kappa shape index (κ3) is 5.24. The molecule has 134 valence electrons. The first kappa shape index (κ1) is 18.3. The number of aromatic nitrogens is 1. The van der Waals surface area contributed by atoms with Crippen molar-refractivity contribution in [1.82, 2.24) is 4.98 Å². The predicted molar refractivity (Wildman–Crippen MR) is 101 cm³/mol. The summed E-state index contributed by atoms with van der Waals surface area (Å²) in [5.74, 6) is -0.0282. The lowest BCUT2D eigenvalue weighted by Gasteiger charge is -2.11. The lowest BCUT2D eigenvalue weighted by molar-refractivity contribution is -0.116. The fourth-order valence-corrected chi connectivity index (χ4v) is 4.48. The fourth-order valence-electron chi connectivity index (χ4n) is 2.43. The van der Waals surface area contributed by atoms with E-state index in [0.29, 0.717) is 22.1 Å². The number of ether oxygens (including phenoxy) is 1. The molecule has 2 aromatic carbocycles. The van der Waals surface area contributed by atoms with Gasteiger partial charge in [-0.3, -0.25) is 4.79 Å². The molecular weight excluding hydrogens is 370 g/mol. The van der Waals surface area contributed by atoms with Gasteiger partial charge >= 0.3 is 0 Å². The quantitative estimate of drug-likeness (QED) is 0.590. The first-order chi connectivity index (χ1) is 12.5. The Morgan fingerprint density at radius 2 is 1.77 bits per heavy atom. The molecule has 1 aromatic heterocycles. The molecule has 0 spiro atoms. The second-order valence-corrected chi connectivity index (χ2v) is 8.74. The van der Waals surface area contributed by atoms with Gasteiger partial charge in [-0.05, 0) is 18.2 Å². The Bertz CT molecular complexity index is 968. The number of Topliss-reactive ketones (excluding diaryl/α,β-unsaturated/α-hetero) is 1. The van der Waals surface area contributed by atoms with Crippen LogP contribution in [-0.2, 0) is 26.8 Å². The molecule has 0 unspecified atom stereocenters. The highest BCUT2D eigenvalue weighted by atomic mass is 32.2. The zero-order chi connectivity index (χ0) is 18.4. The molecule has 0 fully saturated rings. The summed E-state index contributed by atoms with van der Waals surface area (Å²) in [6, 6.07) is 16.1. The van der Waals surface area contributed by atoms with Crippen LogP contribution in [0, 0.1) is 0 Å². The third-order valence-corrected chi connectivity index (χ3v) is 5.82. The van der Waals surface area contributed by atoms with Crippen LogP contribution in [-0.4, -0.2) is 24.9 Å². The van der Waals surface area contributed by atoms with E-state index in [4.69, 9.17) is 4.74 Å². The van der Waals surface area contributed by atoms with E-state index in [0.717, 1.165) is 0 Å². The second kappa shape index (κ2) is 8.25. The second-order valence-electron chi connectivity index (χ2n) is 5.70. The Labute approximate surface area is 156 Å². The van der Waals surface area contributed by atoms with Gasteiger partial charge in [0.2, 0.25) is 0 Å². The van der Waals surface area contributed by atoms with Crippen molar-refractivity contribution in [2.24, 2.45) is 0 Å². The Kier molecular flexibility index (Phi) is 5.80. The Morgan fingerprint density at radius 3 is 2.50 bits per heavy atom. The summed E-state index contributed by atoms with van der Waals surface area (Å²) in [4.78, 5) is 16.1. The number of carbonyl (C=O) groups is 1. The van der Waals surface area contributed by atoms with Gasteiger partial charge in [0.05, 0.1) is 17.2 Å². The van der Waals surface area contributed by atoms with Gasteiger partial charge in [0.25, 0.3) is 0 Å². The molecule has 5 nitrogen and oxygen atoms in total. The molecule has 26 heavy (non-hydrogen) atoms. The average Bonchev–Trinajstić information content (AvgIpc) is 3.09. The maximum absolute atomic E-state index is 12.5. The average molecular weight is 387 g/mol. The molecule has 0 radical (unpaired) electrons. The standard InChI is InChI=1S/C19H17NO4S2/c21-16(12-19-20-10-11-25-19)14-26(22,23)13-15-6-4-5-9-18(15)24-17-7-2-1-3-8-17/h1-11H,12-14H2. The van der Waals surface area contributed by atoms with E-state index in [1.807, 2.05) is 18.2 Å². The Hall–Kier alpha value is -2.51. The molecule has 1 heterocycles. The number of ketones is 1. The van der Waals surface area contributed by atoms with Gasteiger partial charge < -0.3 is 4.74 Å². The van der Waals surface area contributed by atoms with Crippen molar-refractivity contribution in [3.05, 3.63) is 76.7 Å². The number of thiazole rings is 1. The number of benzene rings is 2. The number of carbonyl (C=O) groups excluding carboxylic acids is 1. The molecule has 7 heteroatoms. The minimum Gasteiger partial charge on any atom is -0.457 e. The summed E-state index contributed by atoms with van der Waals surface area (Å²) >= 11 is 1.34. The molecule has 3 rings (SSSR count). The molecular formula is C19H17NO4S2. The summed E-state index contributed by atoms with van der Waals surface area (Å²) in [6.07, 6.45) is 1.64. The number of rotatable bonds is 8. The first-order valence-corrected chi connectivity index (χ1v) is 10.6. The summed E-state index contributed by atoms with van der Waals surface area (Å²) in [5, 5.41) is 2.38. The number of hydrogen-bond donors (Lipinski definition) is 0. The van der Waals surface area contributed by atoms with E-state index in [-0.39, 0.29) is 18.0 Å². The number of hydrogen-bond acceptors (Lipinski definition) is 6. The van der Waals surface area contributed by atoms with E-state index in [1.54, 1.807) is 48.0 Å². The van der Waals surface area contributed by atoms with Gasteiger partial charge in [-0.15, -0.1) is 11.3 Å². The zero-order valence-corrected chi connectivity index (χ0v) is 15.5. The van der Waals surface area contributed by atoms with E-state index < -0.39 is 15.6 Å². The van der Waals surface area contributed by atoms with Crippen molar-refractivity contribution >= 4 is 27.0 Å². The van der Waals surface area contributed by atoms with Crippen molar-refractivity contribution < 1.29 is 17.9 Å². The van der Waals surface area contributed by atoms with Crippen LogP contribution in [0.15, 0.2) is 66.2 Å². The Morgan fingerprint density at radius 1 is 1.04 bits per heavy atom. The van der Waals surface area contributed by atoms with Crippen LogP contribution in [0.1, 0.15) is 10.6 Å². The molecule has 0 aliphatic carbocycles. The van der Waals surface area contributed by atoms with Crippen LogP contribution in [0.3, 0.4) is 0 Å². The topological polar surface area (TPSA) is 73.3 Å². The largest absolute Gasteiger partial charge is 0.457 e. The molecule has 0 bridgehead atoms. The first-order valence-electron chi connectivity index (χ1n) is 7.93. The monoisotopic (exact) mass is 387 g/mol. The minimum absolute atomic E-state index is 0.0407. The summed E-state index contributed by atoms with van der Waals surface area (Å²) in [6.45, 7) is 0. The van der Waals surface area contributed by atoms with E-state index in [2.05, 4.69) is 4.98 Å². The predicted octanol–water partition coefficient (Wildman–Crippen LogP) is 3.66. The van der Waals surface area contributed by atoms with E-state index >= 15 is 0 Å². The maximum atomic E-state index is 12.5. The van der Waals surface area contributed by atoms with Crippen LogP contribution < -0.4 is 4.74 Å². The molecule has 0 atom stereocenters. The van der Waals surface area contributed by atoms with Crippen molar-refractivity contribution in [2.45, 2.75) is 12.2 Å². The van der Waals surface area contributed by atoms with Gasteiger partial charge in [0.1, 0.15) is 17.3 Å². The Balaban J connectivity index is 1.70. The summed E-state index contributed by atoms with van der Waals surface area (Å²) < 4.78 is 30.7. The summed E-state index contributed by atoms with van der Waals surface area (Å²) in [7, 11) is -3.60. The van der Waals surface area contributed by atoms with Gasteiger partial charge in [-0.2, -0.15) is 0 Å². The minimum atomic E-state index is -3.60. The molecule has 0 saturated carbocycles. The molecule has 0 amide bonds. The lowest BCUT2D eigenvalue weighted by Crippen LogP contribution is -2.19. The third-order valence-electron chi connectivity index (χ3n) is 3.53. The van der Waals surface area contributed by atoms with E-state index in [1.165, 1.54) is 11.3 Å². The molecule has 0 aliphatic rings. The van der Waals surface area contributed by atoms with Crippen LogP contribution in [0.5, 0.6) is 11.5 Å². The maximum Gasteiger partial charge on any atom is 0.161 e. The number of para-hydroxylation sites is 2. The molecule has 0 N–H and O–H groups in total. The highest BCUT2D eigenvalue weighted by Gasteiger charge is 2.20. The van der Waals surface area contributed by atoms with Crippen LogP contribution in [0.25, 0.3) is 0 Å². The van der Waals surface area contributed by atoms with Crippen molar-refractivity contribution in [3.8, 4) is 11.5 Å². The molecule has 0 aliphatic heterocycles.